The summed E-state index contributed by atoms with van der Waals surface area (Å²) in [6.45, 7) is 1.48. The smallest absolute Gasteiger partial charge is 0.231 e. The monoisotopic (exact) mass is 405 g/mol. The summed E-state index contributed by atoms with van der Waals surface area (Å²) in [5.74, 6) is 0.399. The fourth-order valence-corrected chi connectivity index (χ4v) is 3.70. The summed E-state index contributed by atoms with van der Waals surface area (Å²) in [5, 5.41) is 0. The van der Waals surface area contributed by atoms with Crippen molar-refractivity contribution < 1.29 is 23.0 Å². The lowest BCUT2D eigenvalue weighted by Crippen LogP contribution is -2.31. The third-order valence-corrected chi connectivity index (χ3v) is 5.15. The molecule has 0 unspecified atom stereocenters. The Morgan fingerprint density at radius 3 is 2.63 bits per heavy atom. The first kappa shape index (κ1) is 18.5. The maximum atomic E-state index is 13.5. The molecule has 0 fully saturated rings. The molecule has 6 heteroatoms. The first-order valence-electron chi connectivity index (χ1n) is 9.52. The van der Waals surface area contributed by atoms with E-state index in [2.05, 4.69) is 0 Å². The predicted octanol–water partition coefficient (Wildman–Crippen LogP) is 4.93. The molecule has 0 amide bonds. The number of halogens is 2. The third kappa shape index (κ3) is 3.46. The summed E-state index contributed by atoms with van der Waals surface area (Å²) in [6, 6.07) is 15.8. The molecule has 5 rings (SSSR count). The zero-order valence-electron chi connectivity index (χ0n) is 15.9. The zero-order chi connectivity index (χ0) is 20.7. The number of benzene rings is 3. The largest absolute Gasteiger partial charge is 0.478 e. The minimum Gasteiger partial charge on any atom is -0.478 e. The molecule has 0 aliphatic carbocycles. The van der Waals surface area contributed by atoms with Gasteiger partial charge in [0.05, 0.1) is 11.1 Å². The number of carbonyl (C=O) groups is 1. The standard InChI is InChI=1S/C24H17F2NO3/c25-17-6-4-15(5-7-17)12-27-13-20-21(29-14-27)9-8-19-23(28)22(30-24(19)20)11-16-2-1-3-18(26)10-16/h1-11H,12-14H2/b22-11-. The molecule has 2 heterocycles. The van der Waals surface area contributed by atoms with Crippen LogP contribution in [0.5, 0.6) is 11.5 Å². The van der Waals surface area contributed by atoms with Crippen molar-refractivity contribution in [2.24, 2.45) is 0 Å². The average molecular weight is 405 g/mol. The van der Waals surface area contributed by atoms with Gasteiger partial charge < -0.3 is 9.47 Å². The highest BCUT2D eigenvalue weighted by molar-refractivity contribution is 6.15. The van der Waals surface area contributed by atoms with Crippen LogP contribution in [0.4, 0.5) is 8.78 Å². The third-order valence-electron chi connectivity index (χ3n) is 5.15. The molecular formula is C24H17F2NO3. The van der Waals surface area contributed by atoms with Crippen molar-refractivity contribution in [3.05, 3.63) is 100 Å². The molecule has 0 spiro atoms. The van der Waals surface area contributed by atoms with E-state index in [4.69, 9.17) is 9.47 Å². The molecule has 0 atom stereocenters. The summed E-state index contributed by atoms with van der Waals surface area (Å²) in [5.41, 5.74) is 2.76. The molecule has 0 bridgehead atoms. The summed E-state index contributed by atoms with van der Waals surface area (Å²) < 4.78 is 38.4. The summed E-state index contributed by atoms with van der Waals surface area (Å²) >= 11 is 0. The van der Waals surface area contributed by atoms with E-state index < -0.39 is 0 Å². The number of fused-ring (bicyclic) bond motifs is 3. The van der Waals surface area contributed by atoms with Crippen LogP contribution in [0.25, 0.3) is 6.08 Å². The second-order valence-electron chi connectivity index (χ2n) is 7.30. The number of allylic oxidation sites excluding steroid dienone is 1. The number of hydrogen-bond acceptors (Lipinski definition) is 4. The van der Waals surface area contributed by atoms with Gasteiger partial charge >= 0.3 is 0 Å². The Kier molecular flexibility index (Phi) is 4.56. The van der Waals surface area contributed by atoms with E-state index in [1.807, 2.05) is 4.90 Å². The van der Waals surface area contributed by atoms with Crippen LogP contribution in [-0.4, -0.2) is 17.4 Å². The second kappa shape index (κ2) is 7.39. The van der Waals surface area contributed by atoms with Gasteiger partial charge in [0.2, 0.25) is 5.78 Å². The quantitative estimate of drug-likeness (QED) is 0.579. The van der Waals surface area contributed by atoms with Crippen molar-refractivity contribution >= 4 is 11.9 Å². The topological polar surface area (TPSA) is 38.8 Å². The maximum absolute atomic E-state index is 13.5. The average Bonchev–Trinajstić information content (AvgIpc) is 3.06. The van der Waals surface area contributed by atoms with Gasteiger partial charge in [-0.3, -0.25) is 9.69 Å². The van der Waals surface area contributed by atoms with Crippen LogP contribution in [0.1, 0.15) is 27.0 Å². The normalized spacial score (nSPS) is 16.7. The van der Waals surface area contributed by atoms with Crippen molar-refractivity contribution in [2.75, 3.05) is 6.73 Å². The van der Waals surface area contributed by atoms with Crippen molar-refractivity contribution in [3.8, 4) is 11.5 Å². The number of nitrogens with zero attached hydrogens (tertiary/aromatic N) is 1. The summed E-state index contributed by atoms with van der Waals surface area (Å²) in [6.07, 6.45) is 1.54. The summed E-state index contributed by atoms with van der Waals surface area (Å²) in [4.78, 5) is 14.8. The van der Waals surface area contributed by atoms with E-state index in [0.29, 0.717) is 42.4 Å². The minimum atomic E-state index is -0.380. The first-order chi connectivity index (χ1) is 14.6. The Balaban J connectivity index is 1.42. The SMILES string of the molecule is O=C1/C(=C/c2cccc(F)c2)Oc2c1ccc1c2CN(Cc2ccc(F)cc2)CO1. The fourth-order valence-electron chi connectivity index (χ4n) is 3.70. The highest BCUT2D eigenvalue weighted by Gasteiger charge is 2.33. The fraction of sp³-hybridized carbons (Fsp3) is 0.125. The number of hydrogen-bond donors (Lipinski definition) is 0. The van der Waals surface area contributed by atoms with Gasteiger partial charge in [-0.1, -0.05) is 24.3 Å². The van der Waals surface area contributed by atoms with E-state index in [9.17, 15) is 13.6 Å². The lowest BCUT2D eigenvalue weighted by Gasteiger charge is -2.29. The highest BCUT2D eigenvalue weighted by Crippen LogP contribution is 2.42. The molecule has 0 radical (unpaired) electrons. The highest BCUT2D eigenvalue weighted by atomic mass is 19.1. The second-order valence-corrected chi connectivity index (χ2v) is 7.30. The van der Waals surface area contributed by atoms with Gasteiger partial charge in [0.25, 0.3) is 0 Å². The van der Waals surface area contributed by atoms with Gasteiger partial charge in [0, 0.05) is 13.1 Å². The number of carbonyl (C=O) groups excluding carboxylic acids is 1. The van der Waals surface area contributed by atoms with E-state index in [0.717, 1.165) is 11.1 Å². The lowest BCUT2D eigenvalue weighted by molar-refractivity contribution is 0.0872. The molecule has 3 aromatic rings. The van der Waals surface area contributed by atoms with Crippen molar-refractivity contribution in [2.45, 2.75) is 13.1 Å². The van der Waals surface area contributed by atoms with E-state index in [-0.39, 0.29) is 23.2 Å². The molecule has 2 aliphatic rings. The summed E-state index contributed by atoms with van der Waals surface area (Å²) in [7, 11) is 0. The van der Waals surface area contributed by atoms with Crippen LogP contribution in [0.3, 0.4) is 0 Å². The first-order valence-corrected chi connectivity index (χ1v) is 9.52. The number of ketones is 1. The molecule has 4 nitrogen and oxygen atoms in total. The maximum Gasteiger partial charge on any atom is 0.231 e. The Hall–Kier alpha value is -3.51. The van der Waals surface area contributed by atoms with E-state index in [1.165, 1.54) is 30.3 Å². The molecule has 3 aromatic carbocycles. The molecule has 0 aromatic heterocycles. The molecule has 30 heavy (non-hydrogen) atoms. The van der Waals surface area contributed by atoms with Gasteiger partial charge in [0.1, 0.15) is 29.9 Å². The Morgan fingerprint density at radius 2 is 1.83 bits per heavy atom. The molecular weight excluding hydrogens is 388 g/mol. The Labute approximate surface area is 172 Å². The molecule has 0 saturated heterocycles. The van der Waals surface area contributed by atoms with Crippen LogP contribution in [0.2, 0.25) is 0 Å². The van der Waals surface area contributed by atoms with Gasteiger partial charge in [-0.2, -0.15) is 0 Å². The number of ether oxygens (including phenoxy) is 2. The molecule has 0 saturated carbocycles. The van der Waals surface area contributed by atoms with Crippen LogP contribution < -0.4 is 9.47 Å². The predicted molar refractivity (Wildman–Crippen MR) is 107 cm³/mol. The van der Waals surface area contributed by atoms with Crippen LogP contribution in [-0.2, 0) is 13.1 Å². The number of rotatable bonds is 3. The molecule has 2 aliphatic heterocycles. The zero-order valence-corrected chi connectivity index (χ0v) is 15.9. The van der Waals surface area contributed by atoms with Crippen LogP contribution in [0, 0.1) is 11.6 Å². The Bertz CT molecular complexity index is 1170. The van der Waals surface area contributed by atoms with Gasteiger partial charge in [-0.15, -0.1) is 0 Å². The number of Topliss-reactive ketones (excluding diaryl/α,β-unsaturated/α-hetero) is 1. The van der Waals surface area contributed by atoms with Gasteiger partial charge in [-0.25, -0.2) is 8.78 Å². The Morgan fingerprint density at radius 1 is 1.00 bits per heavy atom. The van der Waals surface area contributed by atoms with Crippen LogP contribution in [0.15, 0.2) is 66.4 Å². The van der Waals surface area contributed by atoms with Crippen molar-refractivity contribution in [3.63, 3.8) is 0 Å². The van der Waals surface area contributed by atoms with Gasteiger partial charge in [0.15, 0.2) is 5.76 Å². The molecule has 0 N–H and O–H groups in total. The minimum absolute atomic E-state index is 0.152. The molecule has 150 valence electrons. The van der Waals surface area contributed by atoms with Gasteiger partial charge in [-0.05, 0) is 53.6 Å². The van der Waals surface area contributed by atoms with Crippen LogP contribution >= 0.6 is 0 Å². The van der Waals surface area contributed by atoms with E-state index in [1.54, 1.807) is 36.4 Å². The van der Waals surface area contributed by atoms with Crippen molar-refractivity contribution in [1.82, 2.24) is 4.90 Å². The van der Waals surface area contributed by atoms with Crippen molar-refractivity contribution in [1.29, 1.82) is 0 Å². The van der Waals surface area contributed by atoms with E-state index >= 15 is 0 Å². The lowest BCUT2D eigenvalue weighted by atomic mass is 10.0.